The highest BCUT2D eigenvalue weighted by Gasteiger charge is 2.46. The third-order valence-corrected chi connectivity index (χ3v) is 5.78. The topological polar surface area (TPSA) is 96.4 Å². The summed E-state index contributed by atoms with van der Waals surface area (Å²) < 4.78 is 10.5. The van der Waals surface area contributed by atoms with Gasteiger partial charge >= 0.3 is 5.97 Å². The summed E-state index contributed by atoms with van der Waals surface area (Å²) in [5.41, 5.74) is 2.61. The summed E-state index contributed by atoms with van der Waals surface area (Å²) in [6.45, 7) is 5.79. The number of methoxy groups -OCH3 is 1. The quantitative estimate of drug-likeness (QED) is 0.220. The number of amides is 1. The molecule has 180 valence electrons. The second-order valence-electron chi connectivity index (χ2n) is 8.60. The van der Waals surface area contributed by atoms with E-state index in [0.29, 0.717) is 41.3 Å². The maximum atomic E-state index is 13.2. The molecule has 0 bridgehead atoms. The van der Waals surface area contributed by atoms with E-state index in [4.69, 9.17) is 9.47 Å². The average Bonchev–Trinajstić information content (AvgIpc) is 3.03. The minimum Gasteiger partial charge on any atom is -0.507 e. The molecule has 8 heteroatoms. The molecular formula is C26H30N2O6. The van der Waals surface area contributed by atoms with E-state index in [1.807, 2.05) is 32.8 Å². The predicted octanol–water partition coefficient (Wildman–Crippen LogP) is 3.22. The molecule has 3 rings (SSSR count). The van der Waals surface area contributed by atoms with Crippen LogP contribution in [0.15, 0.2) is 42.0 Å². The zero-order chi connectivity index (χ0) is 25.2. The van der Waals surface area contributed by atoms with Crippen molar-refractivity contribution in [2.75, 3.05) is 34.3 Å². The van der Waals surface area contributed by atoms with Crippen LogP contribution in [0.1, 0.15) is 35.2 Å². The van der Waals surface area contributed by atoms with Gasteiger partial charge in [0.1, 0.15) is 17.3 Å². The Labute approximate surface area is 199 Å². The van der Waals surface area contributed by atoms with Gasteiger partial charge in [0.2, 0.25) is 0 Å². The SMILES string of the molecule is COc1cc(C)c(/C(O)=C2\C(=O)C(=O)N(CCN(C)C)C2c2ccc(OC(C)=O)cc2)cc1C. The summed E-state index contributed by atoms with van der Waals surface area (Å²) in [7, 11) is 5.32. The Bertz CT molecular complexity index is 1150. The Balaban J connectivity index is 2.16. The first-order chi connectivity index (χ1) is 16.0. The smallest absolute Gasteiger partial charge is 0.308 e. The van der Waals surface area contributed by atoms with Crippen LogP contribution in [0.25, 0.3) is 5.76 Å². The van der Waals surface area contributed by atoms with Crippen molar-refractivity contribution in [2.45, 2.75) is 26.8 Å². The Morgan fingerprint density at radius 1 is 1.09 bits per heavy atom. The van der Waals surface area contributed by atoms with E-state index in [1.54, 1.807) is 43.5 Å². The second-order valence-corrected chi connectivity index (χ2v) is 8.60. The molecule has 0 aromatic heterocycles. The number of nitrogens with zero attached hydrogens (tertiary/aromatic N) is 2. The highest BCUT2D eigenvalue weighted by molar-refractivity contribution is 6.46. The number of hydrogen-bond donors (Lipinski definition) is 1. The summed E-state index contributed by atoms with van der Waals surface area (Å²) >= 11 is 0. The summed E-state index contributed by atoms with van der Waals surface area (Å²) in [4.78, 5) is 40.9. The van der Waals surface area contributed by atoms with Crippen LogP contribution in [0.5, 0.6) is 11.5 Å². The van der Waals surface area contributed by atoms with Gasteiger partial charge in [-0.3, -0.25) is 14.4 Å². The van der Waals surface area contributed by atoms with Gasteiger partial charge in [0.05, 0.1) is 18.7 Å². The lowest BCUT2D eigenvalue weighted by Gasteiger charge is -2.27. The van der Waals surface area contributed by atoms with Crippen LogP contribution in [0.2, 0.25) is 0 Å². The number of benzene rings is 2. The zero-order valence-electron chi connectivity index (χ0n) is 20.3. The van der Waals surface area contributed by atoms with Crippen molar-refractivity contribution in [1.82, 2.24) is 9.80 Å². The van der Waals surface area contributed by atoms with Crippen LogP contribution >= 0.6 is 0 Å². The molecule has 1 heterocycles. The molecule has 8 nitrogen and oxygen atoms in total. The van der Waals surface area contributed by atoms with Gasteiger partial charge in [-0.1, -0.05) is 12.1 Å². The van der Waals surface area contributed by atoms with Gasteiger partial charge in [-0.05, 0) is 68.9 Å². The van der Waals surface area contributed by atoms with Gasteiger partial charge in [0, 0.05) is 25.6 Å². The Hall–Kier alpha value is -3.65. The number of esters is 1. The molecule has 0 aliphatic carbocycles. The normalized spacial score (nSPS) is 17.4. The zero-order valence-corrected chi connectivity index (χ0v) is 20.3. The fourth-order valence-electron chi connectivity index (χ4n) is 4.06. The van der Waals surface area contributed by atoms with Crippen molar-refractivity contribution in [3.63, 3.8) is 0 Å². The number of likely N-dealkylation sites (N-methyl/N-ethyl adjacent to an activating group) is 1. The number of Topliss-reactive ketones (excluding diaryl/α,β-unsaturated/α-hetero) is 1. The third kappa shape index (κ3) is 4.97. The number of likely N-dealkylation sites (tertiary alicyclic amines) is 1. The van der Waals surface area contributed by atoms with Crippen LogP contribution < -0.4 is 9.47 Å². The third-order valence-electron chi connectivity index (χ3n) is 5.78. The molecule has 1 saturated heterocycles. The standard InChI is InChI=1S/C26H30N2O6/c1-15-14-21(33-6)16(2)13-20(15)24(30)22-23(18-7-9-19(10-8-18)34-17(3)29)28(12-11-27(4)5)26(32)25(22)31/h7-10,13-14,23,30H,11-12H2,1-6H3/b24-22+. The van der Waals surface area contributed by atoms with E-state index < -0.39 is 23.7 Å². The fraction of sp³-hybridized carbons (Fsp3) is 0.346. The van der Waals surface area contributed by atoms with E-state index in [2.05, 4.69) is 0 Å². The summed E-state index contributed by atoms with van der Waals surface area (Å²) in [5, 5.41) is 11.3. The van der Waals surface area contributed by atoms with Crippen molar-refractivity contribution in [3.8, 4) is 11.5 Å². The van der Waals surface area contributed by atoms with Crippen molar-refractivity contribution >= 4 is 23.4 Å². The molecule has 1 N–H and O–H groups in total. The van der Waals surface area contributed by atoms with E-state index in [1.165, 1.54) is 11.8 Å². The Kier molecular flexibility index (Phi) is 7.41. The van der Waals surface area contributed by atoms with Gasteiger partial charge in [-0.15, -0.1) is 0 Å². The van der Waals surface area contributed by atoms with E-state index in [0.717, 1.165) is 5.56 Å². The van der Waals surface area contributed by atoms with E-state index >= 15 is 0 Å². The van der Waals surface area contributed by atoms with Crippen molar-refractivity contribution in [3.05, 3.63) is 64.2 Å². The van der Waals surface area contributed by atoms with Crippen LogP contribution in [-0.4, -0.2) is 66.9 Å². The monoisotopic (exact) mass is 466 g/mol. The van der Waals surface area contributed by atoms with Gasteiger partial charge in [-0.2, -0.15) is 0 Å². The number of rotatable bonds is 7. The van der Waals surface area contributed by atoms with Crippen LogP contribution in [0.3, 0.4) is 0 Å². The van der Waals surface area contributed by atoms with Crippen molar-refractivity contribution in [1.29, 1.82) is 0 Å². The molecule has 1 aliphatic rings. The molecule has 1 atom stereocenters. The molecule has 1 unspecified atom stereocenters. The lowest BCUT2D eigenvalue weighted by molar-refractivity contribution is -0.140. The predicted molar refractivity (Wildman–Crippen MR) is 128 cm³/mol. The number of hydrogen-bond acceptors (Lipinski definition) is 7. The largest absolute Gasteiger partial charge is 0.507 e. The first-order valence-electron chi connectivity index (χ1n) is 10.9. The molecule has 1 amide bonds. The molecule has 2 aromatic rings. The molecule has 1 aliphatic heterocycles. The molecule has 1 fully saturated rings. The fourth-order valence-corrected chi connectivity index (χ4v) is 4.06. The lowest BCUT2D eigenvalue weighted by atomic mass is 9.93. The number of aliphatic hydroxyl groups is 1. The molecule has 0 saturated carbocycles. The highest BCUT2D eigenvalue weighted by atomic mass is 16.5. The first-order valence-corrected chi connectivity index (χ1v) is 10.9. The average molecular weight is 467 g/mol. The Morgan fingerprint density at radius 3 is 2.29 bits per heavy atom. The van der Waals surface area contributed by atoms with Crippen LogP contribution in [-0.2, 0) is 14.4 Å². The Morgan fingerprint density at radius 2 is 1.74 bits per heavy atom. The number of aryl methyl sites for hydroxylation is 2. The highest BCUT2D eigenvalue weighted by Crippen LogP contribution is 2.40. The van der Waals surface area contributed by atoms with E-state index in [9.17, 15) is 19.5 Å². The number of carbonyl (C=O) groups is 3. The molecule has 0 radical (unpaired) electrons. The summed E-state index contributed by atoms with van der Waals surface area (Å²) in [6, 6.07) is 9.34. The number of ketones is 1. The van der Waals surface area contributed by atoms with Crippen molar-refractivity contribution < 1.29 is 29.0 Å². The molecule has 2 aromatic carbocycles. The van der Waals surface area contributed by atoms with Gasteiger partial charge < -0.3 is 24.4 Å². The maximum absolute atomic E-state index is 13.2. The minimum atomic E-state index is -0.784. The summed E-state index contributed by atoms with van der Waals surface area (Å²) in [6.07, 6.45) is 0. The number of aliphatic hydroxyl groups excluding tert-OH is 1. The van der Waals surface area contributed by atoms with Crippen molar-refractivity contribution in [2.24, 2.45) is 0 Å². The number of carbonyl (C=O) groups excluding carboxylic acids is 3. The molecule has 0 spiro atoms. The number of ether oxygens (including phenoxy) is 2. The maximum Gasteiger partial charge on any atom is 0.308 e. The lowest BCUT2D eigenvalue weighted by Crippen LogP contribution is -2.35. The second kappa shape index (κ2) is 10.1. The van der Waals surface area contributed by atoms with Gasteiger partial charge in [-0.25, -0.2) is 0 Å². The molecule has 34 heavy (non-hydrogen) atoms. The minimum absolute atomic E-state index is 0.0247. The van der Waals surface area contributed by atoms with Gasteiger partial charge in [0.15, 0.2) is 0 Å². The molecular weight excluding hydrogens is 436 g/mol. The van der Waals surface area contributed by atoms with Gasteiger partial charge in [0.25, 0.3) is 11.7 Å². The van der Waals surface area contributed by atoms with Crippen LogP contribution in [0.4, 0.5) is 0 Å². The van der Waals surface area contributed by atoms with E-state index in [-0.39, 0.29) is 11.3 Å². The summed E-state index contributed by atoms with van der Waals surface area (Å²) in [5.74, 6) is -1.07. The first kappa shape index (κ1) is 25.0. The van der Waals surface area contributed by atoms with Crippen LogP contribution in [0, 0.1) is 13.8 Å².